The highest BCUT2D eigenvalue weighted by Crippen LogP contribution is 2.26. The molecule has 1 N–H and O–H groups in total. The Balaban J connectivity index is 2.95. The molecule has 1 aromatic carbocycles. The molecule has 0 aromatic heterocycles. The second kappa shape index (κ2) is 4.46. The average molecular weight is 259 g/mol. The van der Waals surface area contributed by atoms with Crippen LogP contribution in [-0.4, -0.2) is 17.2 Å². The van der Waals surface area contributed by atoms with E-state index >= 15 is 0 Å². The molecule has 0 heterocycles. The van der Waals surface area contributed by atoms with E-state index in [1.165, 1.54) is 12.1 Å². The molecule has 0 saturated carbocycles. The van der Waals surface area contributed by atoms with Crippen LogP contribution in [0.4, 0.5) is 0 Å². The number of rotatable bonds is 3. The van der Waals surface area contributed by atoms with Gasteiger partial charge < -0.3 is 9.84 Å². The van der Waals surface area contributed by atoms with Crippen LogP contribution in [0.1, 0.15) is 24.2 Å². The number of carboxylic acids is 1. The van der Waals surface area contributed by atoms with Crippen molar-refractivity contribution in [3.8, 4) is 5.75 Å². The maximum atomic E-state index is 10.6. The summed E-state index contributed by atoms with van der Waals surface area (Å²) in [5, 5.41) is 8.72. The minimum absolute atomic E-state index is 0.0713. The van der Waals surface area contributed by atoms with Gasteiger partial charge in [0.25, 0.3) is 0 Å². The number of benzene rings is 1. The van der Waals surface area contributed by atoms with Crippen molar-refractivity contribution in [3.05, 3.63) is 28.2 Å². The van der Waals surface area contributed by atoms with Crippen LogP contribution in [0.3, 0.4) is 0 Å². The fourth-order valence-electron chi connectivity index (χ4n) is 0.983. The highest BCUT2D eigenvalue weighted by molar-refractivity contribution is 9.10. The fraction of sp³-hybridized carbons (Fsp3) is 0.300. The van der Waals surface area contributed by atoms with Crippen molar-refractivity contribution in [3.63, 3.8) is 0 Å². The molecule has 4 heteroatoms. The van der Waals surface area contributed by atoms with Crippen molar-refractivity contribution in [2.45, 2.75) is 20.0 Å². The molecule has 0 aliphatic rings. The van der Waals surface area contributed by atoms with Crippen molar-refractivity contribution in [2.24, 2.45) is 0 Å². The molecule has 14 heavy (non-hydrogen) atoms. The second-order valence-electron chi connectivity index (χ2n) is 3.12. The van der Waals surface area contributed by atoms with Gasteiger partial charge in [0.1, 0.15) is 5.75 Å². The highest BCUT2D eigenvalue weighted by atomic mass is 79.9. The first-order chi connectivity index (χ1) is 6.50. The predicted molar refractivity (Wildman–Crippen MR) is 56.9 cm³/mol. The van der Waals surface area contributed by atoms with E-state index < -0.39 is 5.97 Å². The third-order valence-electron chi connectivity index (χ3n) is 1.54. The lowest BCUT2D eigenvalue weighted by molar-refractivity contribution is 0.0697. The summed E-state index contributed by atoms with van der Waals surface area (Å²) in [7, 11) is 0. The Morgan fingerprint density at radius 3 is 2.57 bits per heavy atom. The van der Waals surface area contributed by atoms with Gasteiger partial charge in [-0.25, -0.2) is 4.79 Å². The Morgan fingerprint density at radius 2 is 2.14 bits per heavy atom. The van der Waals surface area contributed by atoms with Crippen molar-refractivity contribution in [1.82, 2.24) is 0 Å². The molecular weight excluding hydrogens is 248 g/mol. The standard InChI is InChI=1S/C10H11BrO3/c1-6(2)14-9-4-3-7(10(12)13)5-8(9)11/h3-6H,1-2H3,(H,12,13). The molecule has 1 aromatic rings. The summed E-state index contributed by atoms with van der Waals surface area (Å²) >= 11 is 3.26. The molecule has 0 aliphatic carbocycles. The zero-order valence-electron chi connectivity index (χ0n) is 7.95. The minimum atomic E-state index is -0.943. The molecule has 0 fully saturated rings. The van der Waals surface area contributed by atoms with Gasteiger partial charge in [-0.2, -0.15) is 0 Å². The van der Waals surface area contributed by atoms with E-state index in [9.17, 15) is 4.79 Å². The monoisotopic (exact) mass is 258 g/mol. The molecule has 0 amide bonds. The van der Waals surface area contributed by atoms with Crippen LogP contribution in [0.25, 0.3) is 0 Å². The number of carbonyl (C=O) groups is 1. The summed E-state index contributed by atoms with van der Waals surface area (Å²) in [6.45, 7) is 3.83. The SMILES string of the molecule is CC(C)Oc1ccc(C(=O)O)cc1Br. The fourth-order valence-corrected chi connectivity index (χ4v) is 1.46. The minimum Gasteiger partial charge on any atom is -0.490 e. The van der Waals surface area contributed by atoms with E-state index in [4.69, 9.17) is 9.84 Å². The summed E-state index contributed by atoms with van der Waals surface area (Å²) < 4.78 is 6.10. The van der Waals surface area contributed by atoms with Crippen molar-refractivity contribution >= 4 is 21.9 Å². The quantitative estimate of drug-likeness (QED) is 0.907. The zero-order valence-corrected chi connectivity index (χ0v) is 9.54. The van der Waals surface area contributed by atoms with Gasteiger partial charge >= 0.3 is 5.97 Å². The third kappa shape index (κ3) is 2.73. The van der Waals surface area contributed by atoms with Crippen LogP contribution in [0.2, 0.25) is 0 Å². The van der Waals surface area contributed by atoms with Gasteiger partial charge in [0.05, 0.1) is 16.1 Å². The molecule has 0 saturated heterocycles. The maximum Gasteiger partial charge on any atom is 0.335 e. The summed E-state index contributed by atoms with van der Waals surface area (Å²) in [6.07, 6.45) is 0.0713. The number of hydrogen-bond donors (Lipinski definition) is 1. The summed E-state index contributed by atoms with van der Waals surface area (Å²) in [5.74, 6) is -0.285. The Labute approximate surface area is 90.8 Å². The van der Waals surface area contributed by atoms with Gasteiger partial charge in [-0.05, 0) is 48.0 Å². The van der Waals surface area contributed by atoms with Crippen LogP contribution in [0.5, 0.6) is 5.75 Å². The summed E-state index contributed by atoms with van der Waals surface area (Å²) in [6, 6.07) is 4.69. The number of halogens is 1. The summed E-state index contributed by atoms with van der Waals surface area (Å²) in [4.78, 5) is 10.6. The van der Waals surface area contributed by atoms with Crippen LogP contribution in [0, 0.1) is 0 Å². The van der Waals surface area contributed by atoms with E-state index in [0.29, 0.717) is 10.2 Å². The van der Waals surface area contributed by atoms with E-state index in [2.05, 4.69) is 15.9 Å². The first-order valence-electron chi connectivity index (χ1n) is 4.20. The van der Waals surface area contributed by atoms with Gasteiger partial charge in [-0.1, -0.05) is 0 Å². The van der Waals surface area contributed by atoms with Gasteiger partial charge in [-0.15, -0.1) is 0 Å². The van der Waals surface area contributed by atoms with E-state index in [-0.39, 0.29) is 11.7 Å². The van der Waals surface area contributed by atoms with Crippen molar-refractivity contribution in [1.29, 1.82) is 0 Å². The number of carboxylic acid groups (broad SMARTS) is 1. The number of ether oxygens (including phenoxy) is 1. The van der Waals surface area contributed by atoms with Gasteiger partial charge in [0.15, 0.2) is 0 Å². The largest absolute Gasteiger partial charge is 0.490 e. The molecule has 0 radical (unpaired) electrons. The third-order valence-corrected chi connectivity index (χ3v) is 2.16. The van der Waals surface area contributed by atoms with Crippen molar-refractivity contribution in [2.75, 3.05) is 0 Å². The smallest absolute Gasteiger partial charge is 0.335 e. The van der Waals surface area contributed by atoms with E-state index in [1.54, 1.807) is 6.07 Å². The maximum absolute atomic E-state index is 10.6. The lowest BCUT2D eigenvalue weighted by atomic mass is 10.2. The molecule has 3 nitrogen and oxygen atoms in total. The topological polar surface area (TPSA) is 46.5 Å². The van der Waals surface area contributed by atoms with Crippen molar-refractivity contribution < 1.29 is 14.6 Å². The molecule has 1 rings (SSSR count). The highest BCUT2D eigenvalue weighted by Gasteiger charge is 2.08. The van der Waals surface area contributed by atoms with Gasteiger partial charge in [0.2, 0.25) is 0 Å². The van der Waals surface area contributed by atoms with Crippen LogP contribution in [-0.2, 0) is 0 Å². The Bertz CT molecular complexity index is 347. The van der Waals surface area contributed by atoms with Gasteiger partial charge in [-0.3, -0.25) is 0 Å². The second-order valence-corrected chi connectivity index (χ2v) is 3.97. The lowest BCUT2D eigenvalue weighted by Gasteiger charge is -2.11. The van der Waals surface area contributed by atoms with Crippen LogP contribution in [0.15, 0.2) is 22.7 Å². The molecule has 76 valence electrons. The van der Waals surface area contributed by atoms with E-state index in [1.807, 2.05) is 13.8 Å². The molecular formula is C10H11BrO3. The van der Waals surface area contributed by atoms with Crippen LogP contribution >= 0.6 is 15.9 Å². The first-order valence-corrected chi connectivity index (χ1v) is 4.99. The molecule has 0 atom stereocenters. The van der Waals surface area contributed by atoms with Crippen LogP contribution < -0.4 is 4.74 Å². The Kier molecular flexibility index (Phi) is 3.52. The molecule has 0 aliphatic heterocycles. The summed E-state index contributed by atoms with van der Waals surface area (Å²) in [5.41, 5.74) is 0.244. The zero-order chi connectivity index (χ0) is 10.7. The Morgan fingerprint density at radius 1 is 1.50 bits per heavy atom. The predicted octanol–water partition coefficient (Wildman–Crippen LogP) is 2.93. The van der Waals surface area contributed by atoms with Gasteiger partial charge in [0, 0.05) is 0 Å². The molecule has 0 unspecified atom stereocenters. The molecule has 0 spiro atoms. The number of aromatic carboxylic acids is 1. The lowest BCUT2D eigenvalue weighted by Crippen LogP contribution is -2.06. The normalized spacial score (nSPS) is 10.3. The van der Waals surface area contributed by atoms with E-state index in [0.717, 1.165) is 0 Å². The number of hydrogen-bond acceptors (Lipinski definition) is 2. The molecule has 0 bridgehead atoms. The Hall–Kier alpha value is -1.03. The first kappa shape index (κ1) is 11.0. The average Bonchev–Trinajstić information content (AvgIpc) is 2.07.